The summed E-state index contributed by atoms with van der Waals surface area (Å²) in [5, 5.41) is 10.1. The first-order valence-electron chi connectivity index (χ1n) is 7.70. The molecule has 0 bridgehead atoms. The lowest BCUT2D eigenvalue weighted by atomic mass is 9.95. The molecule has 0 amide bonds. The Morgan fingerprint density at radius 1 is 1.36 bits per heavy atom. The molecular weight excluding hydrogens is 294 g/mol. The number of hydrogen-bond donors (Lipinski definition) is 1. The summed E-state index contributed by atoms with van der Waals surface area (Å²) in [6.45, 7) is 8.53. The minimum atomic E-state index is -0.746. The van der Waals surface area contributed by atoms with Crippen LogP contribution >= 0.6 is 11.8 Å². The SMILES string of the molecule is CCC(C)c1c(C)nc2c(C)cccc2c1SCCC(=O)O. The summed E-state index contributed by atoms with van der Waals surface area (Å²) in [7, 11) is 0. The van der Waals surface area contributed by atoms with E-state index in [1.807, 2.05) is 0 Å². The summed E-state index contributed by atoms with van der Waals surface area (Å²) >= 11 is 1.65. The van der Waals surface area contributed by atoms with Gasteiger partial charge in [0, 0.05) is 21.7 Å². The van der Waals surface area contributed by atoms with Crippen LogP contribution in [-0.2, 0) is 4.79 Å². The van der Waals surface area contributed by atoms with Gasteiger partial charge in [-0.25, -0.2) is 0 Å². The Balaban J connectivity index is 2.59. The van der Waals surface area contributed by atoms with E-state index in [9.17, 15) is 4.79 Å². The van der Waals surface area contributed by atoms with Crippen molar-refractivity contribution in [2.75, 3.05) is 5.75 Å². The number of para-hydroxylation sites is 1. The number of nitrogens with zero attached hydrogens (tertiary/aromatic N) is 1. The van der Waals surface area contributed by atoms with Crippen molar-refractivity contribution in [3.05, 3.63) is 35.0 Å². The molecule has 4 heteroatoms. The summed E-state index contributed by atoms with van der Waals surface area (Å²) in [4.78, 5) is 16.9. The van der Waals surface area contributed by atoms with Gasteiger partial charge in [0.2, 0.25) is 0 Å². The Kier molecular flexibility index (Phi) is 5.46. The average molecular weight is 317 g/mol. The quantitative estimate of drug-likeness (QED) is 0.767. The van der Waals surface area contributed by atoms with Crippen molar-refractivity contribution in [3.63, 3.8) is 0 Å². The highest BCUT2D eigenvalue weighted by Crippen LogP contribution is 2.38. The van der Waals surface area contributed by atoms with E-state index >= 15 is 0 Å². The second-order valence-corrected chi connectivity index (χ2v) is 6.82. The molecule has 0 aliphatic rings. The zero-order chi connectivity index (χ0) is 16.3. The Hall–Kier alpha value is -1.55. The van der Waals surface area contributed by atoms with Crippen molar-refractivity contribution >= 4 is 28.6 Å². The number of carboxylic acids is 1. The van der Waals surface area contributed by atoms with Gasteiger partial charge in [-0.1, -0.05) is 32.0 Å². The number of thioether (sulfide) groups is 1. The second kappa shape index (κ2) is 7.14. The molecule has 0 saturated carbocycles. The van der Waals surface area contributed by atoms with Gasteiger partial charge in [-0.15, -0.1) is 11.8 Å². The molecule has 0 saturated heterocycles. The number of aryl methyl sites for hydroxylation is 2. The van der Waals surface area contributed by atoms with E-state index in [1.165, 1.54) is 10.5 Å². The molecule has 2 aromatic rings. The highest BCUT2D eigenvalue weighted by Gasteiger charge is 2.18. The fourth-order valence-electron chi connectivity index (χ4n) is 2.71. The summed E-state index contributed by atoms with van der Waals surface area (Å²) in [6, 6.07) is 6.23. The third-order valence-corrected chi connectivity index (χ3v) is 5.20. The molecule has 1 aromatic heterocycles. The van der Waals surface area contributed by atoms with Crippen LogP contribution in [0.3, 0.4) is 0 Å². The number of aromatic nitrogens is 1. The van der Waals surface area contributed by atoms with Crippen LogP contribution in [0.5, 0.6) is 0 Å². The molecule has 1 heterocycles. The third kappa shape index (κ3) is 3.43. The van der Waals surface area contributed by atoms with E-state index < -0.39 is 5.97 Å². The maximum atomic E-state index is 10.8. The monoisotopic (exact) mass is 317 g/mol. The van der Waals surface area contributed by atoms with Gasteiger partial charge in [-0.2, -0.15) is 0 Å². The number of aliphatic carboxylic acids is 1. The number of benzene rings is 1. The van der Waals surface area contributed by atoms with Crippen molar-refractivity contribution in [1.29, 1.82) is 0 Å². The minimum absolute atomic E-state index is 0.180. The molecule has 22 heavy (non-hydrogen) atoms. The number of hydrogen-bond acceptors (Lipinski definition) is 3. The molecule has 0 aliphatic carbocycles. The van der Waals surface area contributed by atoms with Crippen LogP contribution in [0.2, 0.25) is 0 Å². The molecule has 1 N–H and O–H groups in total. The zero-order valence-corrected chi connectivity index (χ0v) is 14.5. The van der Waals surface area contributed by atoms with Crippen LogP contribution in [0.15, 0.2) is 23.1 Å². The first-order chi connectivity index (χ1) is 10.5. The Morgan fingerprint density at radius 3 is 2.73 bits per heavy atom. The Morgan fingerprint density at radius 2 is 2.09 bits per heavy atom. The van der Waals surface area contributed by atoms with E-state index in [4.69, 9.17) is 10.1 Å². The van der Waals surface area contributed by atoms with Gasteiger partial charge in [0.1, 0.15) is 0 Å². The smallest absolute Gasteiger partial charge is 0.304 e. The predicted molar refractivity (Wildman–Crippen MR) is 92.9 cm³/mol. The van der Waals surface area contributed by atoms with Crippen LogP contribution in [-0.4, -0.2) is 21.8 Å². The van der Waals surface area contributed by atoms with Gasteiger partial charge in [0.15, 0.2) is 0 Å². The summed E-state index contributed by atoms with van der Waals surface area (Å²) in [5.74, 6) is 0.263. The number of fused-ring (bicyclic) bond motifs is 1. The van der Waals surface area contributed by atoms with E-state index in [-0.39, 0.29) is 6.42 Å². The highest BCUT2D eigenvalue weighted by atomic mass is 32.2. The third-order valence-electron chi connectivity index (χ3n) is 4.06. The summed E-state index contributed by atoms with van der Waals surface area (Å²) in [5.41, 5.74) is 4.53. The Labute approximate surface area is 136 Å². The molecule has 0 fully saturated rings. The van der Waals surface area contributed by atoms with Gasteiger partial charge in [0.25, 0.3) is 0 Å². The highest BCUT2D eigenvalue weighted by molar-refractivity contribution is 7.99. The maximum absolute atomic E-state index is 10.8. The van der Waals surface area contributed by atoms with Crippen molar-refractivity contribution in [3.8, 4) is 0 Å². The molecule has 2 rings (SSSR count). The van der Waals surface area contributed by atoms with Crippen molar-refractivity contribution in [2.24, 2.45) is 0 Å². The van der Waals surface area contributed by atoms with E-state index in [2.05, 4.69) is 45.9 Å². The molecular formula is C18H23NO2S. The number of rotatable bonds is 6. The van der Waals surface area contributed by atoms with Crippen molar-refractivity contribution in [1.82, 2.24) is 4.98 Å². The van der Waals surface area contributed by atoms with Crippen LogP contribution in [0, 0.1) is 13.8 Å². The first kappa shape index (κ1) is 16.8. The van der Waals surface area contributed by atoms with Crippen molar-refractivity contribution < 1.29 is 9.90 Å². The first-order valence-corrected chi connectivity index (χ1v) is 8.68. The minimum Gasteiger partial charge on any atom is -0.481 e. The maximum Gasteiger partial charge on any atom is 0.304 e. The topological polar surface area (TPSA) is 50.2 Å². The lowest BCUT2D eigenvalue weighted by molar-refractivity contribution is -0.136. The summed E-state index contributed by atoms with van der Waals surface area (Å²) in [6.07, 6.45) is 1.23. The molecule has 0 aliphatic heterocycles. The van der Waals surface area contributed by atoms with Gasteiger partial charge in [-0.05, 0) is 37.3 Å². The Bertz CT molecular complexity index is 697. The number of pyridine rings is 1. The average Bonchev–Trinajstić information content (AvgIpc) is 2.47. The lowest BCUT2D eigenvalue weighted by Crippen LogP contribution is -2.04. The summed E-state index contributed by atoms with van der Waals surface area (Å²) < 4.78 is 0. The molecule has 3 nitrogen and oxygen atoms in total. The van der Waals surface area contributed by atoms with Gasteiger partial charge < -0.3 is 5.11 Å². The van der Waals surface area contributed by atoms with E-state index in [0.717, 1.165) is 28.6 Å². The lowest BCUT2D eigenvalue weighted by Gasteiger charge is -2.20. The molecule has 1 unspecified atom stereocenters. The second-order valence-electron chi connectivity index (χ2n) is 5.71. The molecule has 1 atom stereocenters. The van der Waals surface area contributed by atoms with Crippen LogP contribution in [0.1, 0.15) is 49.4 Å². The van der Waals surface area contributed by atoms with E-state index in [0.29, 0.717) is 11.7 Å². The number of carboxylic acid groups (broad SMARTS) is 1. The van der Waals surface area contributed by atoms with Crippen molar-refractivity contribution in [2.45, 2.75) is 51.3 Å². The van der Waals surface area contributed by atoms with Gasteiger partial charge in [0.05, 0.1) is 11.9 Å². The zero-order valence-electron chi connectivity index (χ0n) is 13.6. The van der Waals surface area contributed by atoms with Crippen LogP contribution in [0.25, 0.3) is 10.9 Å². The number of carbonyl (C=O) groups is 1. The van der Waals surface area contributed by atoms with Gasteiger partial charge >= 0.3 is 5.97 Å². The predicted octanol–water partition coefficient (Wildman–Crippen LogP) is 4.93. The molecule has 0 radical (unpaired) electrons. The standard InChI is InChI=1S/C18H23NO2S/c1-5-11(2)16-13(4)19-17-12(3)7-6-8-14(17)18(16)22-10-9-15(20)21/h6-8,11H,5,9-10H2,1-4H3,(H,20,21). The molecule has 118 valence electrons. The van der Waals surface area contributed by atoms with Crippen LogP contribution < -0.4 is 0 Å². The fraction of sp³-hybridized carbons (Fsp3) is 0.444. The molecule has 1 aromatic carbocycles. The molecule has 0 spiro atoms. The fourth-order valence-corrected chi connectivity index (χ4v) is 4.01. The van der Waals surface area contributed by atoms with Crippen LogP contribution in [0.4, 0.5) is 0 Å². The largest absolute Gasteiger partial charge is 0.481 e. The normalized spacial score (nSPS) is 12.5. The van der Waals surface area contributed by atoms with Gasteiger partial charge in [-0.3, -0.25) is 9.78 Å². The van der Waals surface area contributed by atoms with E-state index in [1.54, 1.807) is 11.8 Å².